The van der Waals surface area contributed by atoms with Crippen LogP contribution in [-0.4, -0.2) is 27.4 Å². The first-order valence-corrected chi connectivity index (χ1v) is 7.47. The number of nitrogens with zero attached hydrogens (tertiary/aromatic N) is 1. The van der Waals surface area contributed by atoms with Gasteiger partial charge in [0.2, 0.25) is 0 Å². The molecule has 0 saturated heterocycles. The van der Waals surface area contributed by atoms with Crippen LogP contribution in [0.1, 0.15) is 30.0 Å². The quantitative estimate of drug-likeness (QED) is 0.645. The summed E-state index contributed by atoms with van der Waals surface area (Å²) in [6.45, 7) is 4.95. The van der Waals surface area contributed by atoms with Gasteiger partial charge in [-0.2, -0.15) is 0 Å². The first-order valence-electron chi connectivity index (χ1n) is 7.47. The van der Waals surface area contributed by atoms with Crippen molar-refractivity contribution in [2.75, 3.05) is 6.54 Å². The molecule has 3 N–H and O–H groups in total. The molecule has 0 spiro atoms. The number of benzene rings is 1. The van der Waals surface area contributed by atoms with Gasteiger partial charge in [0, 0.05) is 23.1 Å². The first-order chi connectivity index (χ1) is 10.5. The summed E-state index contributed by atoms with van der Waals surface area (Å²) in [4.78, 5) is 23.4. The number of aromatic nitrogens is 3. The third kappa shape index (κ3) is 2.09. The van der Waals surface area contributed by atoms with Crippen molar-refractivity contribution >= 4 is 16.8 Å². The predicted molar refractivity (Wildman–Crippen MR) is 85.7 cm³/mol. The molecular formula is C17H18N4O. The molecule has 1 amide bonds. The molecule has 1 aliphatic rings. The van der Waals surface area contributed by atoms with Crippen LogP contribution in [-0.2, 0) is 6.42 Å². The Hall–Kier alpha value is -2.56. The number of rotatable bonds is 1. The summed E-state index contributed by atoms with van der Waals surface area (Å²) in [5.41, 5.74) is 3.41. The van der Waals surface area contributed by atoms with E-state index in [4.69, 9.17) is 0 Å². The second-order valence-corrected chi connectivity index (χ2v) is 6.71. The molecule has 4 rings (SSSR count). The molecule has 1 aliphatic heterocycles. The number of carbonyl (C=O) groups is 1. The van der Waals surface area contributed by atoms with E-state index in [2.05, 4.69) is 46.2 Å². The molecule has 0 fully saturated rings. The average molecular weight is 294 g/mol. The maximum Gasteiger partial charge on any atom is 0.271 e. The summed E-state index contributed by atoms with van der Waals surface area (Å²) in [5, 5.41) is 4.08. The normalized spacial score (nSPS) is 17.1. The smallest absolute Gasteiger partial charge is 0.271 e. The standard InChI is InChI=1S/C17H18N4O/c1-17(2)8-13-14(16(22)18-9-17)21-15(20-13)12-7-10-5-3-4-6-11(10)19-12/h3-7,19H,8-9H2,1-2H3,(H,18,22)(H,20,21). The van der Waals surface area contributed by atoms with E-state index in [9.17, 15) is 4.79 Å². The van der Waals surface area contributed by atoms with Crippen LogP contribution >= 0.6 is 0 Å². The van der Waals surface area contributed by atoms with Gasteiger partial charge >= 0.3 is 0 Å². The summed E-state index contributed by atoms with van der Waals surface area (Å²) < 4.78 is 0. The Labute approximate surface area is 128 Å². The Morgan fingerprint density at radius 3 is 2.82 bits per heavy atom. The van der Waals surface area contributed by atoms with E-state index in [0.717, 1.165) is 28.7 Å². The zero-order chi connectivity index (χ0) is 15.3. The second kappa shape index (κ2) is 4.47. The van der Waals surface area contributed by atoms with E-state index in [0.29, 0.717) is 18.1 Å². The largest absolute Gasteiger partial charge is 0.352 e. The summed E-state index contributed by atoms with van der Waals surface area (Å²) in [6, 6.07) is 10.1. The number of hydrogen-bond acceptors (Lipinski definition) is 2. The maximum atomic E-state index is 12.2. The van der Waals surface area contributed by atoms with Crippen LogP contribution in [0.15, 0.2) is 30.3 Å². The van der Waals surface area contributed by atoms with Crippen LogP contribution in [0.5, 0.6) is 0 Å². The van der Waals surface area contributed by atoms with Crippen LogP contribution in [0.3, 0.4) is 0 Å². The number of H-pyrrole nitrogens is 2. The fourth-order valence-corrected chi connectivity index (χ4v) is 3.00. The third-order valence-electron chi connectivity index (χ3n) is 4.16. The molecule has 2 aromatic heterocycles. The SMILES string of the molecule is CC1(C)CNC(=O)c2nc(-c3cc4ccccc4[nH]3)[nH]c2C1. The molecule has 0 atom stereocenters. The van der Waals surface area contributed by atoms with E-state index < -0.39 is 0 Å². The van der Waals surface area contributed by atoms with Gasteiger partial charge < -0.3 is 15.3 Å². The van der Waals surface area contributed by atoms with Crippen LogP contribution in [0.2, 0.25) is 0 Å². The van der Waals surface area contributed by atoms with Crippen LogP contribution in [0.4, 0.5) is 0 Å². The molecule has 3 aromatic rings. The predicted octanol–water partition coefficient (Wildman–Crippen LogP) is 2.87. The van der Waals surface area contributed by atoms with Crippen molar-refractivity contribution in [1.82, 2.24) is 20.3 Å². The molecule has 5 nitrogen and oxygen atoms in total. The minimum absolute atomic E-state index is 0.0190. The highest BCUT2D eigenvalue weighted by Gasteiger charge is 2.30. The number of amides is 1. The van der Waals surface area contributed by atoms with Gasteiger partial charge in [0.15, 0.2) is 5.82 Å². The van der Waals surface area contributed by atoms with Crippen LogP contribution in [0, 0.1) is 5.41 Å². The fraction of sp³-hybridized carbons (Fsp3) is 0.294. The van der Waals surface area contributed by atoms with E-state index in [1.54, 1.807) is 0 Å². The number of para-hydroxylation sites is 1. The van der Waals surface area contributed by atoms with Gasteiger partial charge in [0.25, 0.3) is 5.91 Å². The Kier molecular flexibility index (Phi) is 2.66. The molecular weight excluding hydrogens is 276 g/mol. The van der Waals surface area contributed by atoms with Gasteiger partial charge in [-0.15, -0.1) is 0 Å². The Morgan fingerprint density at radius 2 is 2.00 bits per heavy atom. The number of carbonyl (C=O) groups excluding carboxylic acids is 1. The van der Waals surface area contributed by atoms with Gasteiger partial charge in [0.1, 0.15) is 5.69 Å². The minimum Gasteiger partial charge on any atom is -0.352 e. The van der Waals surface area contributed by atoms with E-state index >= 15 is 0 Å². The number of aromatic amines is 2. The van der Waals surface area contributed by atoms with Gasteiger partial charge in [-0.05, 0) is 24.0 Å². The summed E-state index contributed by atoms with van der Waals surface area (Å²) >= 11 is 0. The lowest BCUT2D eigenvalue weighted by atomic mass is 9.88. The van der Waals surface area contributed by atoms with Gasteiger partial charge in [-0.25, -0.2) is 4.98 Å². The second-order valence-electron chi connectivity index (χ2n) is 6.71. The maximum absolute atomic E-state index is 12.2. The molecule has 5 heteroatoms. The number of fused-ring (bicyclic) bond motifs is 2. The zero-order valence-electron chi connectivity index (χ0n) is 12.7. The number of hydrogen-bond donors (Lipinski definition) is 3. The summed E-state index contributed by atoms with van der Waals surface area (Å²) in [5.74, 6) is 0.619. The van der Waals surface area contributed by atoms with Crippen molar-refractivity contribution in [2.24, 2.45) is 5.41 Å². The van der Waals surface area contributed by atoms with E-state index in [1.165, 1.54) is 0 Å². The monoisotopic (exact) mass is 294 g/mol. The number of nitrogens with one attached hydrogen (secondary N) is 3. The Morgan fingerprint density at radius 1 is 1.18 bits per heavy atom. The molecule has 0 unspecified atom stereocenters. The van der Waals surface area contributed by atoms with Crippen LogP contribution < -0.4 is 5.32 Å². The molecule has 0 saturated carbocycles. The average Bonchev–Trinajstić information content (AvgIpc) is 3.05. The van der Waals surface area contributed by atoms with Crippen LogP contribution in [0.25, 0.3) is 22.4 Å². The molecule has 0 aliphatic carbocycles. The van der Waals surface area contributed by atoms with Crippen molar-refractivity contribution in [3.63, 3.8) is 0 Å². The fourth-order valence-electron chi connectivity index (χ4n) is 3.00. The highest BCUT2D eigenvalue weighted by atomic mass is 16.1. The van der Waals surface area contributed by atoms with Gasteiger partial charge in [-0.3, -0.25) is 4.79 Å². The highest BCUT2D eigenvalue weighted by Crippen LogP contribution is 2.28. The lowest BCUT2D eigenvalue weighted by Gasteiger charge is -2.21. The molecule has 0 radical (unpaired) electrons. The topological polar surface area (TPSA) is 73.6 Å². The zero-order valence-corrected chi connectivity index (χ0v) is 12.7. The minimum atomic E-state index is -0.0980. The van der Waals surface area contributed by atoms with E-state index in [-0.39, 0.29) is 11.3 Å². The molecule has 3 heterocycles. The van der Waals surface area contributed by atoms with Crippen molar-refractivity contribution in [1.29, 1.82) is 0 Å². The Bertz CT molecular complexity index is 839. The van der Waals surface area contributed by atoms with Crippen molar-refractivity contribution < 1.29 is 4.79 Å². The summed E-state index contributed by atoms with van der Waals surface area (Å²) in [6.07, 6.45) is 0.800. The lowest BCUT2D eigenvalue weighted by Crippen LogP contribution is -2.32. The van der Waals surface area contributed by atoms with Crippen molar-refractivity contribution in [3.05, 3.63) is 41.7 Å². The van der Waals surface area contributed by atoms with Crippen molar-refractivity contribution in [3.8, 4) is 11.5 Å². The number of imidazole rings is 1. The van der Waals surface area contributed by atoms with E-state index in [1.807, 2.05) is 18.2 Å². The lowest BCUT2D eigenvalue weighted by molar-refractivity contribution is 0.0940. The third-order valence-corrected chi connectivity index (χ3v) is 4.16. The molecule has 1 aromatic carbocycles. The van der Waals surface area contributed by atoms with Gasteiger partial charge in [0.05, 0.1) is 5.69 Å². The first kappa shape index (κ1) is 13.1. The molecule has 22 heavy (non-hydrogen) atoms. The molecule has 112 valence electrons. The van der Waals surface area contributed by atoms with Crippen molar-refractivity contribution in [2.45, 2.75) is 20.3 Å². The Balaban J connectivity index is 1.81. The summed E-state index contributed by atoms with van der Waals surface area (Å²) in [7, 11) is 0. The highest BCUT2D eigenvalue weighted by molar-refractivity contribution is 5.95. The molecule has 0 bridgehead atoms. The van der Waals surface area contributed by atoms with Gasteiger partial charge in [-0.1, -0.05) is 32.0 Å².